The second kappa shape index (κ2) is 12.5. The van der Waals surface area contributed by atoms with Crippen molar-refractivity contribution in [2.75, 3.05) is 32.2 Å². The maximum atomic E-state index is 13.0. The molecule has 1 aliphatic heterocycles. The third-order valence-corrected chi connectivity index (χ3v) is 6.39. The highest BCUT2D eigenvalue weighted by molar-refractivity contribution is 7.98. The molecule has 1 atom stereocenters. The van der Waals surface area contributed by atoms with Crippen molar-refractivity contribution < 1.29 is 14.3 Å². The van der Waals surface area contributed by atoms with Gasteiger partial charge in [-0.15, -0.1) is 0 Å². The molecule has 0 aromatic heterocycles. The lowest BCUT2D eigenvalue weighted by molar-refractivity contribution is -0.123. The first-order chi connectivity index (χ1) is 15.6. The molecule has 172 valence electrons. The van der Waals surface area contributed by atoms with Crippen LogP contribution in [0.15, 0.2) is 48.5 Å². The van der Waals surface area contributed by atoms with Crippen molar-refractivity contribution in [1.82, 2.24) is 15.5 Å². The fourth-order valence-corrected chi connectivity index (χ4v) is 4.42. The van der Waals surface area contributed by atoms with E-state index in [0.29, 0.717) is 24.3 Å². The van der Waals surface area contributed by atoms with E-state index in [1.165, 1.54) is 25.5 Å². The number of rotatable bonds is 11. The number of carbonyl (C=O) groups excluding carboxylic acids is 2. The lowest BCUT2D eigenvalue weighted by atomic mass is 10.1. The van der Waals surface area contributed by atoms with Gasteiger partial charge in [-0.1, -0.05) is 36.4 Å². The third kappa shape index (κ3) is 6.74. The second-order valence-electron chi connectivity index (χ2n) is 7.98. The Kier molecular flexibility index (Phi) is 9.43. The summed E-state index contributed by atoms with van der Waals surface area (Å²) >= 11 is 1.65. The summed E-state index contributed by atoms with van der Waals surface area (Å²) in [7, 11) is 1.53. The number of carbonyl (C=O) groups is 2. The topological polar surface area (TPSA) is 70.7 Å². The van der Waals surface area contributed by atoms with Crippen molar-refractivity contribution in [3.8, 4) is 5.75 Å². The average Bonchev–Trinajstić information content (AvgIpc) is 3.34. The predicted molar refractivity (Wildman–Crippen MR) is 130 cm³/mol. The fraction of sp³-hybridized carbons (Fsp3) is 0.440. The second-order valence-corrected chi connectivity index (χ2v) is 8.96. The number of para-hydroxylation sites is 1. The molecule has 2 aromatic carbocycles. The smallest absolute Gasteiger partial charge is 0.255 e. The van der Waals surface area contributed by atoms with Gasteiger partial charge in [0.15, 0.2) is 0 Å². The van der Waals surface area contributed by atoms with Crippen LogP contribution >= 0.6 is 11.8 Å². The molecular formula is C25H33N3O3S. The van der Waals surface area contributed by atoms with Crippen molar-refractivity contribution in [2.45, 2.75) is 38.4 Å². The number of hydrogen-bond acceptors (Lipinski definition) is 5. The first kappa shape index (κ1) is 24.1. The number of ether oxygens (including phenoxy) is 1. The molecule has 6 nitrogen and oxygen atoms in total. The number of nitrogens with zero attached hydrogens (tertiary/aromatic N) is 1. The van der Waals surface area contributed by atoms with Crippen LogP contribution < -0.4 is 15.4 Å². The van der Waals surface area contributed by atoms with Crippen LogP contribution in [0.3, 0.4) is 0 Å². The average molecular weight is 456 g/mol. The van der Waals surface area contributed by atoms with E-state index in [9.17, 15) is 9.59 Å². The summed E-state index contributed by atoms with van der Waals surface area (Å²) in [5.41, 5.74) is 2.79. The lowest BCUT2D eigenvalue weighted by Gasteiger charge is -2.21. The zero-order valence-corrected chi connectivity index (χ0v) is 19.7. The third-order valence-electron chi connectivity index (χ3n) is 5.75. The molecule has 1 unspecified atom stereocenters. The maximum absolute atomic E-state index is 13.0. The van der Waals surface area contributed by atoms with Crippen molar-refractivity contribution in [2.24, 2.45) is 0 Å². The molecule has 2 N–H and O–H groups in total. The quantitative estimate of drug-likeness (QED) is 0.543. The Bertz CT molecular complexity index is 900. The minimum atomic E-state index is -0.606. The molecule has 1 fully saturated rings. The van der Waals surface area contributed by atoms with Crippen LogP contribution in [0.1, 0.15) is 40.7 Å². The van der Waals surface area contributed by atoms with Gasteiger partial charge in [-0.25, -0.2) is 0 Å². The van der Waals surface area contributed by atoms with E-state index in [0.717, 1.165) is 31.0 Å². The molecule has 0 bridgehead atoms. The van der Waals surface area contributed by atoms with Crippen molar-refractivity contribution in [1.29, 1.82) is 0 Å². The number of methoxy groups -OCH3 is 1. The van der Waals surface area contributed by atoms with Gasteiger partial charge in [0.25, 0.3) is 5.91 Å². The molecule has 0 spiro atoms. The highest BCUT2D eigenvalue weighted by Crippen LogP contribution is 2.18. The SMILES string of the molecule is COc1ccccc1C(=O)NC(CCSC)C(=O)NCc1ccccc1CN1CCCC1. The van der Waals surface area contributed by atoms with Crippen molar-refractivity contribution in [3.05, 3.63) is 65.2 Å². The van der Waals surface area contributed by atoms with Crippen LogP contribution in [0, 0.1) is 0 Å². The van der Waals surface area contributed by atoms with Gasteiger partial charge in [0.1, 0.15) is 11.8 Å². The summed E-state index contributed by atoms with van der Waals surface area (Å²) in [5.74, 6) is 0.789. The van der Waals surface area contributed by atoms with Gasteiger partial charge in [-0.3, -0.25) is 14.5 Å². The molecule has 32 heavy (non-hydrogen) atoms. The van der Waals surface area contributed by atoms with E-state index < -0.39 is 6.04 Å². The molecule has 1 saturated heterocycles. The zero-order valence-electron chi connectivity index (χ0n) is 18.9. The highest BCUT2D eigenvalue weighted by Gasteiger charge is 2.23. The molecule has 1 aliphatic rings. The van der Waals surface area contributed by atoms with E-state index >= 15 is 0 Å². The number of hydrogen-bond donors (Lipinski definition) is 2. The van der Waals surface area contributed by atoms with Gasteiger partial charge in [0, 0.05) is 13.1 Å². The normalized spacial score (nSPS) is 14.7. The molecule has 0 radical (unpaired) electrons. The Morgan fingerprint density at radius 2 is 1.75 bits per heavy atom. The number of likely N-dealkylation sites (tertiary alicyclic amines) is 1. The Morgan fingerprint density at radius 1 is 1.06 bits per heavy atom. The van der Waals surface area contributed by atoms with Gasteiger partial charge in [-0.2, -0.15) is 11.8 Å². The molecular weight excluding hydrogens is 422 g/mol. The molecule has 2 amide bonds. The highest BCUT2D eigenvalue weighted by atomic mass is 32.2. The Balaban J connectivity index is 1.64. The number of thioether (sulfide) groups is 1. The van der Waals surface area contributed by atoms with Crippen LogP contribution in [0.25, 0.3) is 0 Å². The molecule has 7 heteroatoms. The Morgan fingerprint density at radius 3 is 2.47 bits per heavy atom. The van der Waals surface area contributed by atoms with Crippen molar-refractivity contribution >= 4 is 23.6 Å². The van der Waals surface area contributed by atoms with Crippen molar-refractivity contribution in [3.63, 3.8) is 0 Å². The van der Waals surface area contributed by atoms with Crippen LogP contribution in [0.2, 0.25) is 0 Å². The summed E-state index contributed by atoms with van der Waals surface area (Å²) < 4.78 is 5.29. The van der Waals surface area contributed by atoms with Crippen LogP contribution in [0.4, 0.5) is 0 Å². The number of amides is 2. The molecule has 1 heterocycles. The minimum Gasteiger partial charge on any atom is -0.496 e. The fourth-order valence-electron chi connectivity index (χ4n) is 3.94. The minimum absolute atomic E-state index is 0.168. The first-order valence-electron chi connectivity index (χ1n) is 11.1. The summed E-state index contributed by atoms with van der Waals surface area (Å²) in [6, 6.07) is 14.7. The molecule has 3 rings (SSSR count). The van der Waals surface area contributed by atoms with Gasteiger partial charge in [0.05, 0.1) is 12.7 Å². The molecule has 2 aromatic rings. The van der Waals surface area contributed by atoms with Gasteiger partial charge >= 0.3 is 0 Å². The number of nitrogens with one attached hydrogen (secondary N) is 2. The van der Waals surface area contributed by atoms with E-state index in [1.54, 1.807) is 30.0 Å². The van der Waals surface area contributed by atoms with Crippen LogP contribution in [-0.4, -0.2) is 55.0 Å². The van der Waals surface area contributed by atoms with E-state index in [2.05, 4.69) is 27.7 Å². The Hall–Kier alpha value is -2.51. The van der Waals surface area contributed by atoms with Crippen LogP contribution in [0.5, 0.6) is 5.75 Å². The number of benzene rings is 2. The summed E-state index contributed by atoms with van der Waals surface area (Å²) in [6.45, 7) is 3.62. The van der Waals surface area contributed by atoms with E-state index in [-0.39, 0.29) is 11.8 Å². The largest absolute Gasteiger partial charge is 0.496 e. The zero-order chi connectivity index (χ0) is 22.8. The molecule has 0 aliphatic carbocycles. The van der Waals surface area contributed by atoms with Gasteiger partial charge < -0.3 is 15.4 Å². The van der Waals surface area contributed by atoms with Crippen LogP contribution in [-0.2, 0) is 17.9 Å². The summed E-state index contributed by atoms with van der Waals surface area (Å²) in [4.78, 5) is 28.3. The van der Waals surface area contributed by atoms with Gasteiger partial charge in [0.2, 0.25) is 5.91 Å². The monoisotopic (exact) mass is 455 g/mol. The summed E-state index contributed by atoms with van der Waals surface area (Å²) in [6.07, 6.45) is 5.05. The standard InChI is InChI=1S/C25H33N3O3S/c1-31-23-12-6-5-11-21(23)24(29)27-22(13-16-32-2)25(30)26-17-19-9-3-4-10-20(19)18-28-14-7-8-15-28/h3-6,9-12,22H,7-8,13-18H2,1-2H3,(H,26,30)(H,27,29). The van der Waals surface area contributed by atoms with E-state index in [4.69, 9.17) is 4.74 Å². The van der Waals surface area contributed by atoms with Gasteiger partial charge in [-0.05, 0) is 67.6 Å². The predicted octanol–water partition coefficient (Wildman–Crippen LogP) is 3.46. The Labute approximate surface area is 195 Å². The maximum Gasteiger partial charge on any atom is 0.255 e. The van der Waals surface area contributed by atoms with E-state index in [1.807, 2.05) is 24.5 Å². The molecule has 0 saturated carbocycles. The summed E-state index contributed by atoms with van der Waals surface area (Å²) in [5, 5.41) is 5.95. The lowest BCUT2D eigenvalue weighted by Crippen LogP contribution is -2.47. The first-order valence-corrected chi connectivity index (χ1v) is 12.5.